The molecule has 2 heterocycles. The van der Waals surface area contributed by atoms with Crippen LogP contribution in [0.1, 0.15) is 24.2 Å². The number of hydrogen-bond acceptors (Lipinski definition) is 6. The van der Waals surface area contributed by atoms with E-state index in [1.807, 2.05) is 25.1 Å². The highest BCUT2D eigenvalue weighted by molar-refractivity contribution is 7.89. The molecule has 3 aromatic rings. The minimum absolute atomic E-state index is 0.0825. The van der Waals surface area contributed by atoms with Crippen molar-refractivity contribution < 1.29 is 13.3 Å². The molecule has 2 aromatic carbocycles. The van der Waals surface area contributed by atoms with E-state index >= 15 is 0 Å². The number of nitrogens with one attached hydrogen (secondary N) is 2. The molecule has 0 amide bonds. The second-order valence-corrected chi connectivity index (χ2v) is 8.96. The second-order valence-electron chi connectivity index (χ2n) is 7.06. The average Bonchev–Trinajstić information content (AvgIpc) is 3.37. The zero-order valence-electron chi connectivity index (χ0n) is 15.9. The Morgan fingerprint density at radius 3 is 2.69 bits per heavy atom. The summed E-state index contributed by atoms with van der Waals surface area (Å²) in [6.45, 7) is 3.08. The number of hydrogen-bond donors (Lipinski definition) is 2. The lowest BCUT2D eigenvalue weighted by atomic mass is 10.2. The number of nitrogens with zero attached hydrogens (tertiary/aromatic N) is 3. The van der Waals surface area contributed by atoms with Crippen LogP contribution < -0.4 is 5.32 Å². The largest absolute Gasteiger partial charge is 0.377 e. The van der Waals surface area contributed by atoms with Crippen molar-refractivity contribution in [2.45, 2.75) is 31.2 Å². The van der Waals surface area contributed by atoms with Gasteiger partial charge in [0, 0.05) is 25.2 Å². The van der Waals surface area contributed by atoms with E-state index < -0.39 is 14.9 Å². The molecule has 0 spiro atoms. The molecule has 0 saturated carbocycles. The van der Waals surface area contributed by atoms with Gasteiger partial charge in [0.05, 0.1) is 28.2 Å². The lowest BCUT2D eigenvalue weighted by molar-refractivity contribution is -0.385. The minimum Gasteiger partial charge on any atom is -0.377 e. The van der Waals surface area contributed by atoms with E-state index in [1.54, 1.807) is 0 Å². The molecule has 29 heavy (non-hydrogen) atoms. The maximum absolute atomic E-state index is 13.1. The third-order valence-electron chi connectivity index (χ3n) is 5.07. The molecule has 1 saturated heterocycles. The first-order valence-electron chi connectivity index (χ1n) is 9.33. The van der Waals surface area contributed by atoms with Gasteiger partial charge in [-0.3, -0.25) is 10.1 Å². The average molecular weight is 415 g/mol. The Balaban J connectivity index is 1.67. The Kier molecular flexibility index (Phi) is 4.97. The van der Waals surface area contributed by atoms with Gasteiger partial charge in [-0.05, 0) is 37.5 Å². The molecular weight excluding hydrogens is 394 g/mol. The molecule has 0 radical (unpaired) electrons. The van der Waals surface area contributed by atoms with Gasteiger partial charge in [0.15, 0.2) is 0 Å². The summed E-state index contributed by atoms with van der Waals surface area (Å²) < 4.78 is 27.5. The van der Waals surface area contributed by atoms with E-state index in [-0.39, 0.29) is 17.1 Å². The maximum atomic E-state index is 13.1. The Morgan fingerprint density at radius 1 is 1.24 bits per heavy atom. The first kappa shape index (κ1) is 19.3. The fourth-order valence-electron chi connectivity index (χ4n) is 3.54. The van der Waals surface area contributed by atoms with Gasteiger partial charge in [0.1, 0.15) is 10.7 Å². The number of para-hydroxylation sites is 1. The van der Waals surface area contributed by atoms with Crippen LogP contribution in [0.25, 0.3) is 11.0 Å². The number of nitro groups is 1. The van der Waals surface area contributed by atoms with E-state index in [1.165, 1.54) is 16.4 Å². The molecule has 1 fully saturated rings. The lowest BCUT2D eigenvalue weighted by Gasteiger charge is -2.18. The first-order valence-corrected chi connectivity index (χ1v) is 10.8. The number of H-pyrrole nitrogens is 1. The number of imidazole rings is 1. The summed E-state index contributed by atoms with van der Waals surface area (Å²) >= 11 is 0. The fourth-order valence-corrected chi connectivity index (χ4v) is 5.25. The zero-order chi connectivity index (χ0) is 20.6. The Labute approximate surface area is 168 Å². The van der Waals surface area contributed by atoms with Crippen molar-refractivity contribution in [1.82, 2.24) is 14.3 Å². The minimum atomic E-state index is -3.83. The van der Waals surface area contributed by atoms with Crippen LogP contribution in [0.4, 0.5) is 11.4 Å². The summed E-state index contributed by atoms with van der Waals surface area (Å²) in [5.41, 5.74) is 2.86. The van der Waals surface area contributed by atoms with Crippen LogP contribution in [0.15, 0.2) is 41.3 Å². The molecule has 0 bridgehead atoms. The van der Waals surface area contributed by atoms with Gasteiger partial charge >= 0.3 is 0 Å². The SMILES string of the molecule is Cc1cccc2[nH]c(CNc3ccc([N+](=O)[O-])cc3S(=O)(=O)N3CCCC3)nc12. The van der Waals surface area contributed by atoms with Crippen molar-refractivity contribution in [3.8, 4) is 0 Å². The highest BCUT2D eigenvalue weighted by Gasteiger charge is 2.31. The number of aromatic nitrogens is 2. The Morgan fingerprint density at radius 2 is 2.00 bits per heavy atom. The molecule has 9 nitrogen and oxygen atoms in total. The maximum Gasteiger partial charge on any atom is 0.270 e. The number of aryl methyl sites for hydroxylation is 1. The number of benzene rings is 2. The van der Waals surface area contributed by atoms with Crippen molar-refractivity contribution in [1.29, 1.82) is 0 Å². The van der Waals surface area contributed by atoms with Gasteiger partial charge in [0.25, 0.3) is 5.69 Å². The van der Waals surface area contributed by atoms with E-state index in [0.717, 1.165) is 35.5 Å². The van der Waals surface area contributed by atoms with E-state index in [9.17, 15) is 18.5 Å². The summed E-state index contributed by atoms with van der Waals surface area (Å²) in [6, 6.07) is 9.69. The van der Waals surface area contributed by atoms with E-state index in [4.69, 9.17) is 0 Å². The van der Waals surface area contributed by atoms with Gasteiger partial charge in [-0.1, -0.05) is 12.1 Å². The predicted octanol–water partition coefficient (Wildman–Crippen LogP) is 3.18. The topological polar surface area (TPSA) is 121 Å². The number of non-ortho nitro benzene ring substituents is 1. The molecule has 152 valence electrons. The van der Waals surface area contributed by atoms with Gasteiger partial charge in [-0.25, -0.2) is 13.4 Å². The molecule has 1 aliphatic heterocycles. The molecule has 1 aromatic heterocycles. The summed E-state index contributed by atoms with van der Waals surface area (Å²) in [5.74, 6) is 0.650. The van der Waals surface area contributed by atoms with Gasteiger partial charge in [-0.2, -0.15) is 4.31 Å². The normalized spacial score (nSPS) is 15.1. The van der Waals surface area contributed by atoms with Crippen molar-refractivity contribution in [3.63, 3.8) is 0 Å². The Hall–Kier alpha value is -2.98. The molecule has 0 aliphatic carbocycles. The third-order valence-corrected chi connectivity index (χ3v) is 7.01. The molecular formula is C19H21N5O4S. The highest BCUT2D eigenvalue weighted by Crippen LogP contribution is 2.31. The summed E-state index contributed by atoms with van der Waals surface area (Å²) in [6.07, 6.45) is 1.57. The summed E-state index contributed by atoms with van der Waals surface area (Å²) in [5, 5.41) is 14.3. The van der Waals surface area contributed by atoms with Crippen LogP contribution in [0.2, 0.25) is 0 Å². The number of anilines is 1. The number of sulfonamides is 1. The quantitative estimate of drug-likeness (QED) is 0.471. The van der Waals surface area contributed by atoms with Crippen LogP contribution in [-0.2, 0) is 16.6 Å². The monoisotopic (exact) mass is 415 g/mol. The second kappa shape index (κ2) is 7.45. The number of nitro benzene ring substituents is 1. The molecule has 2 N–H and O–H groups in total. The van der Waals surface area contributed by atoms with Crippen LogP contribution >= 0.6 is 0 Å². The van der Waals surface area contributed by atoms with Crippen molar-refractivity contribution >= 4 is 32.4 Å². The number of fused-ring (bicyclic) bond motifs is 1. The van der Waals surface area contributed by atoms with Gasteiger partial charge in [-0.15, -0.1) is 0 Å². The molecule has 0 unspecified atom stereocenters. The van der Waals surface area contributed by atoms with Crippen LogP contribution in [-0.4, -0.2) is 40.7 Å². The standard InChI is InChI=1S/C19H21N5O4S/c1-13-5-4-6-16-19(13)22-18(21-16)12-20-15-8-7-14(24(25)26)11-17(15)29(27,28)23-9-2-3-10-23/h4-8,11,20H,2-3,9-10,12H2,1H3,(H,21,22). The lowest BCUT2D eigenvalue weighted by Crippen LogP contribution is -2.28. The van der Waals surface area contributed by atoms with Gasteiger partial charge < -0.3 is 10.3 Å². The van der Waals surface area contributed by atoms with Crippen molar-refractivity contribution in [3.05, 3.63) is 57.9 Å². The third kappa shape index (κ3) is 3.68. The first-order chi connectivity index (χ1) is 13.9. The fraction of sp³-hybridized carbons (Fsp3) is 0.316. The van der Waals surface area contributed by atoms with Crippen molar-refractivity contribution in [2.75, 3.05) is 18.4 Å². The predicted molar refractivity (Wildman–Crippen MR) is 109 cm³/mol. The van der Waals surface area contributed by atoms with Gasteiger partial charge in [0.2, 0.25) is 10.0 Å². The number of rotatable bonds is 6. The van der Waals surface area contributed by atoms with E-state index in [0.29, 0.717) is 24.6 Å². The zero-order valence-corrected chi connectivity index (χ0v) is 16.7. The molecule has 1 aliphatic rings. The summed E-state index contributed by atoms with van der Waals surface area (Å²) in [4.78, 5) is 18.3. The van der Waals surface area contributed by atoms with Crippen LogP contribution in [0, 0.1) is 17.0 Å². The van der Waals surface area contributed by atoms with E-state index in [2.05, 4.69) is 15.3 Å². The van der Waals surface area contributed by atoms with Crippen LogP contribution in [0.5, 0.6) is 0 Å². The number of aromatic amines is 1. The van der Waals surface area contributed by atoms with Crippen molar-refractivity contribution in [2.24, 2.45) is 0 Å². The molecule has 0 atom stereocenters. The summed E-state index contributed by atoms with van der Waals surface area (Å²) in [7, 11) is -3.83. The van der Waals surface area contributed by atoms with Crippen LogP contribution in [0.3, 0.4) is 0 Å². The molecule has 10 heteroatoms. The molecule has 4 rings (SSSR count). The highest BCUT2D eigenvalue weighted by atomic mass is 32.2. The smallest absolute Gasteiger partial charge is 0.270 e. The Bertz CT molecular complexity index is 1180.